The molecule has 0 radical (unpaired) electrons. The Morgan fingerprint density at radius 3 is 2.77 bits per heavy atom. The summed E-state index contributed by atoms with van der Waals surface area (Å²) in [5, 5.41) is 0. The summed E-state index contributed by atoms with van der Waals surface area (Å²) >= 11 is 3.44. The van der Waals surface area contributed by atoms with Gasteiger partial charge >= 0.3 is 0 Å². The van der Waals surface area contributed by atoms with Gasteiger partial charge in [0.05, 0.1) is 6.20 Å². The second-order valence-corrected chi connectivity index (χ2v) is 4.56. The van der Waals surface area contributed by atoms with Crippen LogP contribution in [0.25, 0.3) is 0 Å². The molecule has 4 heteroatoms. The standard InChI is InChI=1S/C9H12BrFN2/c1-7(10)6-13(2)9-4-3-8(11)5-12-9/h3-5,7H,6H2,1-2H3. The summed E-state index contributed by atoms with van der Waals surface area (Å²) in [5.41, 5.74) is 0. The first-order valence-corrected chi connectivity index (χ1v) is 4.98. The molecule has 1 rings (SSSR count). The number of hydrogen-bond donors (Lipinski definition) is 0. The summed E-state index contributed by atoms with van der Waals surface area (Å²) in [5.74, 6) is 0.483. The van der Waals surface area contributed by atoms with Gasteiger partial charge in [0.25, 0.3) is 0 Å². The van der Waals surface area contributed by atoms with Gasteiger partial charge in [0.2, 0.25) is 0 Å². The van der Waals surface area contributed by atoms with Gasteiger partial charge in [-0.05, 0) is 12.1 Å². The van der Waals surface area contributed by atoms with Gasteiger partial charge in [-0.2, -0.15) is 0 Å². The maximum atomic E-state index is 12.5. The maximum absolute atomic E-state index is 12.5. The van der Waals surface area contributed by atoms with Crippen molar-refractivity contribution in [3.8, 4) is 0 Å². The summed E-state index contributed by atoms with van der Waals surface area (Å²) < 4.78 is 12.5. The van der Waals surface area contributed by atoms with E-state index in [1.807, 2.05) is 11.9 Å². The average Bonchev–Trinajstić information content (AvgIpc) is 2.04. The molecule has 1 aromatic heterocycles. The Balaban J connectivity index is 2.66. The smallest absolute Gasteiger partial charge is 0.141 e. The van der Waals surface area contributed by atoms with Crippen molar-refractivity contribution in [3.05, 3.63) is 24.1 Å². The molecule has 0 aliphatic carbocycles. The Bertz CT molecular complexity index is 261. The quantitative estimate of drug-likeness (QED) is 0.762. The number of aromatic nitrogens is 1. The van der Waals surface area contributed by atoms with Crippen molar-refractivity contribution in [2.24, 2.45) is 0 Å². The third-order valence-electron chi connectivity index (χ3n) is 1.63. The predicted octanol–water partition coefficient (Wildman–Crippen LogP) is 2.44. The van der Waals surface area contributed by atoms with Crippen molar-refractivity contribution < 1.29 is 4.39 Å². The minimum Gasteiger partial charge on any atom is -0.359 e. The highest BCUT2D eigenvalue weighted by Crippen LogP contribution is 2.10. The molecule has 1 unspecified atom stereocenters. The minimum absolute atomic E-state index is 0.302. The number of anilines is 1. The van der Waals surface area contributed by atoms with Gasteiger partial charge in [-0.25, -0.2) is 9.37 Å². The molecule has 13 heavy (non-hydrogen) atoms. The van der Waals surface area contributed by atoms with E-state index in [1.54, 1.807) is 6.07 Å². The summed E-state index contributed by atoms with van der Waals surface area (Å²) in [6, 6.07) is 3.09. The van der Waals surface area contributed by atoms with Crippen molar-refractivity contribution in [2.45, 2.75) is 11.8 Å². The minimum atomic E-state index is -0.302. The van der Waals surface area contributed by atoms with Gasteiger partial charge in [0, 0.05) is 18.4 Å². The Labute approximate surface area is 85.9 Å². The van der Waals surface area contributed by atoms with Gasteiger partial charge in [0.15, 0.2) is 0 Å². The normalized spacial score (nSPS) is 12.6. The molecule has 0 aromatic carbocycles. The first-order chi connectivity index (χ1) is 6.09. The molecule has 2 nitrogen and oxygen atoms in total. The molecule has 0 amide bonds. The molecule has 0 N–H and O–H groups in total. The van der Waals surface area contributed by atoms with E-state index in [0.29, 0.717) is 4.83 Å². The molecule has 72 valence electrons. The van der Waals surface area contributed by atoms with Crippen LogP contribution in [0.15, 0.2) is 18.3 Å². The summed E-state index contributed by atoms with van der Waals surface area (Å²) in [6.45, 7) is 2.90. The summed E-state index contributed by atoms with van der Waals surface area (Å²) in [4.78, 5) is 6.33. The van der Waals surface area contributed by atoms with E-state index in [0.717, 1.165) is 12.4 Å². The third kappa shape index (κ3) is 3.30. The zero-order chi connectivity index (χ0) is 9.84. The molecule has 0 aliphatic rings. The maximum Gasteiger partial charge on any atom is 0.141 e. The van der Waals surface area contributed by atoms with Crippen LogP contribution in [0.2, 0.25) is 0 Å². The van der Waals surface area contributed by atoms with Crippen LogP contribution in [0.1, 0.15) is 6.92 Å². The SMILES string of the molecule is CC(Br)CN(C)c1ccc(F)cn1. The molecule has 0 saturated heterocycles. The van der Waals surface area contributed by atoms with Crippen molar-refractivity contribution in [2.75, 3.05) is 18.5 Å². The van der Waals surface area contributed by atoms with Crippen LogP contribution < -0.4 is 4.90 Å². The molecule has 0 fully saturated rings. The number of pyridine rings is 1. The molecule has 0 aliphatic heterocycles. The molecule has 1 atom stereocenters. The van der Waals surface area contributed by atoms with Crippen molar-refractivity contribution in [1.29, 1.82) is 0 Å². The molecular formula is C9H12BrFN2. The van der Waals surface area contributed by atoms with Gasteiger partial charge in [0.1, 0.15) is 11.6 Å². The second kappa shape index (κ2) is 4.56. The molecule has 0 saturated carbocycles. The lowest BCUT2D eigenvalue weighted by Gasteiger charge is -2.19. The number of halogens is 2. The Kier molecular flexibility index (Phi) is 3.66. The first-order valence-electron chi connectivity index (χ1n) is 4.06. The fourth-order valence-corrected chi connectivity index (χ4v) is 1.50. The molecule has 1 heterocycles. The van der Waals surface area contributed by atoms with E-state index in [-0.39, 0.29) is 5.82 Å². The number of alkyl halides is 1. The largest absolute Gasteiger partial charge is 0.359 e. The lowest BCUT2D eigenvalue weighted by Crippen LogP contribution is -2.24. The fourth-order valence-electron chi connectivity index (χ4n) is 1.06. The highest BCUT2D eigenvalue weighted by Gasteiger charge is 2.04. The zero-order valence-electron chi connectivity index (χ0n) is 7.67. The van der Waals surface area contributed by atoms with Gasteiger partial charge in [-0.3, -0.25) is 0 Å². The van der Waals surface area contributed by atoms with E-state index in [2.05, 4.69) is 27.8 Å². The molecule has 1 aromatic rings. The average molecular weight is 247 g/mol. The van der Waals surface area contributed by atoms with Crippen LogP contribution in [0, 0.1) is 5.82 Å². The molecule has 0 bridgehead atoms. The summed E-state index contributed by atoms with van der Waals surface area (Å²) in [7, 11) is 1.93. The van der Waals surface area contributed by atoms with Gasteiger partial charge in [-0.15, -0.1) is 0 Å². The highest BCUT2D eigenvalue weighted by atomic mass is 79.9. The van der Waals surface area contributed by atoms with Crippen LogP contribution in [0.5, 0.6) is 0 Å². The number of nitrogens with zero attached hydrogens (tertiary/aromatic N) is 2. The van der Waals surface area contributed by atoms with Crippen LogP contribution in [-0.4, -0.2) is 23.4 Å². The van der Waals surface area contributed by atoms with Crippen molar-refractivity contribution >= 4 is 21.7 Å². The second-order valence-electron chi connectivity index (χ2n) is 3.00. The fraction of sp³-hybridized carbons (Fsp3) is 0.444. The lowest BCUT2D eigenvalue weighted by atomic mass is 10.4. The number of rotatable bonds is 3. The van der Waals surface area contributed by atoms with E-state index < -0.39 is 0 Å². The number of hydrogen-bond acceptors (Lipinski definition) is 2. The third-order valence-corrected chi connectivity index (χ3v) is 1.92. The molecular weight excluding hydrogens is 235 g/mol. The predicted molar refractivity (Wildman–Crippen MR) is 55.9 cm³/mol. The van der Waals surface area contributed by atoms with E-state index >= 15 is 0 Å². The topological polar surface area (TPSA) is 16.1 Å². The van der Waals surface area contributed by atoms with Crippen LogP contribution >= 0.6 is 15.9 Å². The monoisotopic (exact) mass is 246 g/mol. The van der Waals surface area contributed by atoms with Gasteiger partial charge in [-0.1, -0.05) is 22.9 Å². The summed E-state index contributed by atoms with van der Waals surface area (Å²) in [6.07, 6.45) is 1.23. The zero-order valence-corrected chi connectivity index (χ0v) is 9.25. The molecule has 0 spiro atoms. The van der Waals surface area contributed by atoms with Crippen LogP contribution in [-0.2, 0) is 0 Å². The Morgan fingerprint density at radius 1 is 1.62 bits per heavy atom. The van der Waals surface area contributed by atoms with E-state index in [4.69, 9.17) is 0 Å². The van der Waals surface area contributed by atoms with Crippen molar-refractivity contribution in [1.82, 2.24) is 4.98 Å². The Hall–Kier alpha value is -0.640. The first kappa shape index (κ1) is 10.4. The van der Waals surface area contributed by atoms with E-state index in [9.17, 15) is 4.39 Å². The van der Waals surface area contributed by atoms with Crippen LogP contribution in [0.4, 0.5) is 10.2 Å². The van der Waals surface area contributed by atoms with Gasteiger partial charge < -0.3 is 4.90 Å². The van der Waals surface area contributed by atoms with Crippen LogP contribution in [0.3, 0.4) is 0 Å². The lowest BCUT2D eigenvalue weighted by molar-refractivity contribution is 0.621. The Morgan fingerprint density at radius 2 is 2.31 bits per heavy atom. The van der Waals surface area contributed by atoms with E-state index in [1.165, 1.54) is 12.3 Å². The highest BCUT2D eigenvalue weighted by molar-refractivity contribution is 9.09. The van der Waals surface area contributed by atoms with Crippen molar-refractivity contribution in [3.63, 3.8) is 0 Å².